The molecule has 0 aliphatic rings. The minimum absolute atomic E-state index is 0.240. The number of primary amides is 1. The highest BCUT2D eigenvalue weighted by Gasteiger charge is 2.13. The van der Waals surface area contributed by atoms with Crippen LogP contribution in [0.1, 0.15) is 24.2 Å². The van der Waals surface area contributed by atoms with E-state index in [9.17, 15) is 9.59 Å². The van der Waals surface area contributed by atoms with Crippen LogP contribution in [0.15, 0.2) is 24.3 Å². The van der Waals surface area contributed by atoms with E-state index in [1.54, 1.807) is 32.0 Å². The molecule has 0 radical (unpaired) electrons. The Morgan fingerprint density at radius 1 is 1.44 bits per heavy atom. The summed E-state index contributed by atoms with van der Waals surface area (Å²) in [6.07, 6.45) is 0. The second-order valence-electron chi connectivity index (χ2n) is 3.98. The third kappa shape index (κ3) is 4.08. The predicted molar refractivity (Wildman–Crippen MR) is 69.2 cm³/mol. The molecule has 1 aromatic rings. The third-order valence-electron chi connectivity index (χ3n) is 2.45. The van der Waals surface area contributed by atoms with Crippen molar-refractivity contribution in [3.63, 3.8) is 0 Å². The third-order valence-corrected chi connectivity index (χ3v) is 2.45. The molecular weight excluding hydrogens is 232 g/mol. The summed E-state index contributed by atoms with van der Waals surface area (Å²) in [6, 6.07) is 6.84. The minimum atomic E-state index is -0.475. The molecule has 3 N–H and O–H groups in total. The van der Waals surface area contributed by atoms with Gasteiger partial charge in [-0.15, -0.1) is 0 Å². The normalized spacial score (nSPS) is 11.7. The second-order valence-corrected chi connectivity index (χ2v) is 3.98. The fourth-order valence-electron chi connectivity index (χ4n) is 1.42. The van der Waals surface area contributed by atoms with Gasteiger partial charge in [0.05, 0.1) is 12.5 Å². The van der Waals surface area contributed by atoms with Crippen molar-refractivity contribution in [2.75, 3.05) is 18.5 Å². The molecule has 0 aliphatic carbocycles. The molecule has 1 aromatic carbocycles. The highest BCUT2D eigenvalue weighted by Crippen LogP contribution is 2.11. The molecule has 1 amide bonds. The Labute approximate surface area is 106 Å². The number of amides is 1. The van der Waals surface area contributed by atoms with Gasteiger partial charge in [0, 0.05) is 17.8 Å². The van der Waals surface area contributed by atoms with Gasteiger partial charge < -0.3 is 15.8 Å². The van der Waals surface area contributed by atoms with E-state index in [2.05, 4.69) is 5.32 Å². The van der Waals surface area contributed by atoms with Crippen LogP contribution in [0, 0.1) is 5.92 Å². The second kappa shape index (κ2) is 6.64. The Balaban J connectivity index is 2.55. The van der Waals surface area contributed by atoms with Gasteiger partial charge in [-0.1, -0.05) is 13.0 Å². The molecule has 0 saturated carbocycles. The first-order chi connectivity index (χ1) is 8.54. The first-order valence-electron chi connectivity index (χ1n) is 5.85. The van der Waals surface area contributed by atoms with Crippen molar-refractivity contribution in [1.29, 1.82) is 0 Å². The number of carbonyl (C=O) groups is 2. The first-order valence-corrected chi connectivity index (χ1v) is 5.85. The molecule has 5 heteroatoms. The topological polar surface area (TPSA) is 81.4 Å². The Bertz CT molecular complexity index is 432. The van der Waals surface area contributed by atoms with Crippen LogP contribution in [0.25, 0.3) is 0 Å². The number of carbonyl (C=O) groups excluding carboxylic acids is 2. The molecule has 0 aromatic heterocycles. The van der Waals surface area contributed by atoms with E-state index in [4.69, 9.17) is 10.5 Å². The lowest BCUT2D eigenvalue weighted by Gasteiger charge is -2.12. The van der Waals surface area contributed by atoms with Gasteiger partial charge in [0.2, 0.25) is 5.91 Å². The lowest BCUT2D eigenvalue weighted by atomic mass is 10.1. The van der Waals surface area contributed by atoms with Gasteiger partial charge in [0.1, 0.15) is 0 Å². The molecular formula is C13H18N2O3. The number of benzene rings is 1. The summed E-state index contributed by atoms with van der Waals surface area (Å²) in [5, 5.41) is 3.07. The van der Waals surface area contributed by atoms with Crippen LogP contribution in [-0.2, 0) is 9.53 Å². The molecule has 0 bridgehead atoms. The number of hydrogen-bond acceptors (Lipinski definition) is 4. The summed E-state index contributed by atoms with van der Waals surface area (Å²) in [4.78, 5) is 22.4. The summed E-state index contributed by atoms with van der Waals surface area (Å²) in [5.41, 5.74) is 6.37. The van der Waals surface area contributed by atoms with E-state index in [0.717, 1.165) is 5.69 Å². The number of nitrogens with one attached hydrogen (secondary N) is 1. The number of rotatable bonds is 6. The van der Waals surface area contributed by atoms with Crippen LogP contribution in [0.4, 0.5) is 5.69 Å². The number of esters is 1. The predicted octanol–water partition coefficient (Wildman–Crippen LogP) is 1.40. The monoisotopic (exact) mass is 250 g/mol. The summed E-state index contributed by atoms with van der Waals surface area (Å²) >= 11 is 0. The van der Waals surface area contributed by atoms with E-state index >= 15 is 0 Å². The molecule has 0 saturated heterocycles. The van der Waals surface area contributed by atoms with Crippen LogP contribution in [0.5, 0.6) is 0 Å². The lowest BCUT2D eigenvalue weighted by Crippen LogP contribution is -2.22. The largest absolute Gasteiger partial charge is 0.466 e. The Kier molecular flexibility index (Phi) is 5.17. The van der Waals surface area contributed by atoms with Crippen LogP contribution >= 0.6 is 0 Å². The maximum absolute atomic E-state index is 11.4. The molecule has 1 unspecified atom stereocenters. The quantitative estimate of drug-likeness (QED) is 0.748. The average Bonchev–Trinajstić information content (AvgIpc) is 2.36. The highest BCUT2D eigenvalue weighted by molar-refractivity contribution is 5.93. The molecule has 1 atom stereocenters. The van der Waals surface area contributed by atoms with Crippen molar-refractivity contribution in [1.82, 2.24) is 0 Å². The van der Waals surface area contributed by atoms with Crippen molar-refractivity contribution < 1.29 is 14.3 Å². The molecule has 0 spiro atoms. The molecule has 98 valence electrons. The van der Waals surface area contributed by atoms with E-state index < -0.39 is 5.91 Å². The standard InChI is InChI=1S/C13H18N2O3/c1-3-18-13(17)9(2)8-15-11-6-4-5-10(7-11)12(14)16/h4-7,9,15H,3,8H2,1-2H3,(H2,14,16). The summed E-state index contributed by atoms with van der Waals surface area (Å²) in [7, 11) is 0. The van der Waals surface area contributed by atoms with Gasteiger partial charge in [0.25, 0.3) is 0 Å². The van der Waals surface area contributed by atoms with E-state index in [0.29, 0.717) is 18.7 Å². The maximum atomic E-state index is 11.4. The van der Waals surface area contributed by atoms with Crippen molar-refractivity contribution in [2.45, 2.75) is 13.8 Å². The fraction of sp³-hybridized carbons (Fsp3) is 0.385. The summed E-state index contributed by atoms with van der Waals surface area (Å²) < 4.78 is 4.90. The fourth-order valence-corrected chi connectivity index (χ4v) is 1.42. The van der Waals surface area contributed by atoms with Crippen molar-refractivity contribution in [3.8, 4) is 0 Å². The molecule has 18 heavy (non-hydrogen) atoms. The molecule has 0 aliphatic heterocycles. The number of ether oxygens (including phenoxy) is 1. The first kappa shape index (κ1) is 14.0. The summed E-state index contributed by atoms with van der Waals surface area (Å²) in [6.45, 7) is 4.37. The Morgan fingerprint density at radius 2 is 2.17 bits per heavy atom. The van der Waals surface area contributed by atoms with Gasteiger partial charge in [-0.2, -0.15) is 0 Å². The summed E-state index contributed by atoms with van der Waals surface area (Å²) in [5.74, 6) is -0.963. The molecule has 1 rings (SSSR count). The maximum Gasteiger partial charge on any atom is 0.310 e. The number of anilines is 1. The van der Waals surface area contributed by atoms with Gasteiger partial charge >= 0.3 is 5.97 Å². The average molecular weight is 250 g/mol. The number of nitrogens with two attached hydrogens (primary N) is 1. The van der Waals surface area contributed by atoms with E-state index in [1.165, 1.54) is 0 Å². The lowest BCUT2D eigenvalue weighted by molar-refractivity contribution is -0.146. The van der Waals surface area contributed by atoms with Gasteiger partial charge in [-0.3, -0.25) is 9.59 Å². The molecule has 5 nitrogen and oxygen atoms in total. The van der Waals surface area contributed by atoms with Crippen molar-refractivity contribution in [3.05, 3.63) is 29.8 Å². The van der Waals surface area contributed by atoms with E-state index in [-0.39, 0.29) is 11.9 Å². The zero-order valence-electron chi connectivity index (χ0n) is 10.6. The van der Waals surface area contributed by atoms with Gasteiger partial charge in [-0.25, -0.2) is 0 Å². The Morgan fingerprint density at radius 3 is 2.78 bits per heavy atom. The van der Waals surface area contributed by atoms with Gasteiger partial charge in [-0.05, 0) is 25.1 Å². The van der Waals surface area contributed by atoms with Crippen LogP contribution in [-0.4, -0.2) is 25.0 Å². The van der Waals surface area contributed by atoms with Crippen LogP contribution in [0.3, 0.4) is 0 Å². The van der Waals surface area contributed by atoms with Gasteiger partial charge in [0.15, 0.2) is 0 Å². The zero-order valence-corrected chi connectivity index (χ0v) is 10.6. The Hall–Kier alpha value is -2.04. The minimum Gasteiger partial charge on any atom is -0.466 e. The molecule has 0 heterocycles. The SMILES string of the molecule is CCOC(=O)C(C)CNc1cccc(C(N)=O)c1. The molecule has 0 fully saturated rings. The highest BCUT2D eigenvalue weighted by atomic mass is 16.5. The number of hydrogen-bond donors (Lipinski definition) is 2. The van der Waals surface area contributed by atoms with E-state index in [1.807, 2.05) is 6.07 Å². The zero-order chi connectivity index (χ0) is 13.5. The van der Waals surface area contributed by atoms with Crippen molar-refractivity contribution in [2.24, 2.45) is 11.7 Å². The van der Waals surface area contributed by atoms with Crippen LogP contribution < -0.4 is 11.1 Å². The van der Waals surface area contributed by atoms with Crippen LogP contribution in [0.2, 0.25) is 0 Å². The van der Waals surface area contributed by atoms with Crippen molar-refractivity contribution >= 4 is 17.6 Å². The smallest absolute Gasteiger partial charge is 0.310 e.